The first-order valence-corrected chi connectivity index (χ1v) is 7.30. The van der Waals surface area contributed by atoms with Crippen molar-refractivity contribution in [2.75, 3.05) is 18.2 Å². The van der Waals surface area contributed by atoms with Crippen molar-refractivity contribution in [3.05, 3.63) is 50.9 Å². The number of methoxy groups -OCH3 is 1. The molecular weight excluding hydrogens is 388 g/mol. The lowest BCUT2D eigenvalue weighted by Crippen LogP contribution is -2.14. The van der Waals surface area contributed by atoms with Crippen LogP contribution in [0.2, 0.25) is 0 Å². The molecule has 0 heterocycles. The Balaban J connectivity index is 2.31. The van der Waals surface area contributed by atoms with Gasteiger partial charge in [-0.05, 0) is 46.3 Å². The van der Waals surface area contributed by atoms with Gasteiger partial charge < -0.3 is 15.8 Å². The van der Waals surface area contributed by atoms with Crippen LogP contribution in [-0.4, -0.2) is 13.0 Å². The minimum absolute atomic E-state index is 0.280. The molecule has 0 spiro atoms. The number of hydrogen-bond donors (Lipinski definition) is 2. The van der Waals surface area contributed by atoms with E-state index in [-0.39, 0.29) is 5.91 Å². The van der Waals surface area contributed by atoms with E-state index in [9.17, 15) is 4.79 Å². The molecule has 0 fully saturated rings. The van der Waals surface area contributed by atoms with Gasteiger partial charge in [-0.3, -0.25) is 4.79 Å². The molecule has 2 aromatic carbocycles. The van der Waals surface area contributed by atoms with Crippen LogP contribution < -0.4 is 15.8 Å². The first kappa shape index (κ1) is 14.9. The average molecular weight is 400 g/mol. The summed E-state index contributed by atoms with van der Waals surface area (Å²) in [7, 11) is 1.48. The Hall–Kier alpha value is -1.53. The number of ether oxygens (including phenoxy) is 1. The topological polar surface area (TPSA) is 64.3 Å². The number of hydrogen-bond acceptors (Lipinski definition) is 3. The molecule has 1 amide bonds. The first-order valence-electron chi connectivity index (χ1n) is 5.72. The first-order chi connectivity index (χ1) is 9.52. The van der Waals surface area contributed by atoms with Gasteiger partial charge in [-0.25, -0.2) is 0 Å². The fourth-order valence-corrected chi connectivity index (χ4v) is 2.89. The van der Waals surface area contributed by atoms with E-state index in [1.54, 1.807) is 24.3 Å². The maximum absolute atomic E-state index is 12.3. The molecule has 0 aliphatic carbocycles. The van der Waals surface area contributed by atoms with Crippen molar-refractivity contribution in [3.8, 4) is 5.75 Å². The van der Waals surface area contributed by atoms with Crippen LogP contribution in [-0.2, 0) is 0 Å². The van der Waals surface area contributed by atoms with Gasteiger partial charge in [0.15, 0.2) is 5.75 Å². The number of nitrogen functional groups attached to an aromatic ring is 1. The van der Waals surface area contributed by atoms with Gasteiger partial charge in [0, 0.05) is 8.95 Å². The highest BCUT2D eigenvalue weighted by Crippen LogP contribution is 2.29. The highest BCUT2D eigenvalue weighted by atomic mass is 79.9. The summed E-state index contributed by atoms with van der Waals surface area (Å²) in [6.45, 7) is 0. The molecule has 0 aliphatic rings. The summed E-state index contributed by atoms with van der Waals surface area (Å²) in [5.41, 5.74) is 7.28. The Morgan fingerprint density at radius 3 is 2.65 bits per heavy atom. The van der Waals surface area contributed by atoms with E-state index in [1.807, 2.05) is 12.1 Å². The summed E-state index contributed by atoms with van der Waals surface area (Å²) < 4.78 is 6.88. The minimum atomic E-state index is -0.280. The number of para-hydroxylation sites is 1. The second-order valence-corrected chi connectivity index (χ2v) is 5.78. The normalized spacial score (nSPS) is 10.2. The van der Waals surface area contributed by atoms with Gasteiger partial charge in [0.05, 0.1) is 24.0 Å². The molecule has 0 radical (unpaired) electrons. The molecule has 0 aliphatic heterocycles. The second-order valence-electron chi connectivity index (χ2n) is 4.01. The summed E-state index contributed by atoms with van der Waals surface area (Å²) in [6, 6.07) is 10.6. The lowest BCUT2D eigenvalue weighted by molar-refractivity contribution is 0.102. The average Bonchev–Trinajstić information content (AvgIpc) is 2.41. The largest absolute Gasteiger partial charge is 0.494 e. The summed E-state index contributed by atoms with van der Waals surface area (Å²) in [5.74, 6) is 0.0930. The standard InChI is InChI=1S/C14H12Br2N2O2/c1-20-13-9(3-2-4-11(13)17)14(19)18-12-6-5-8(15)7-10(12)16/h2-7H,17H2,1H3,(H,18,19). The van der Waals surface area contributed by atoms with Gasteiger partial charge in [-0.15, -0.1) is 0 Å². The smallest absolute Gasteiger partial charge is 0.259 e. The van der Waals surface area contributed by atoms with Crippen LogP contribution >= 0.6 is 31.9 Å². The van der Waals surface area contributed by atoms with Crippen LogP contribution in [0.15, 0.2) is 45.3 Å². The zero-order valence-corrected chi connectivity index (χ0v) is 13.8. The Kier molecular flexibility index (Phi) is 4.67. The van der Waals surface area contributed by atoms with E-state index in [0.717, 1.165) is 8.95 Å². The number of carbonyl (C=O) groups is 1. The van der Waals surface area contributed by atoms with Crippen LogP contribution in [0.4, 0.5) is 11.4 Å². The van der Waals surface area contributed by atoms with Crippen molar-refractivity contribution in [2.45, 2.75) is 0 Å². The highest BCUT2D eigenvalue weighted by Gasteiger charge is 2.15. The van der Waals surface area contributed by atoms with Crippen LogP contribution in [0.1, 0.15) is 10.4 Å². The van der Waals surface area contributed by atoms with E-state index in [2.05, 4.69) is 37.2 Å². The lowest BCUT2D eigenvalue weighted by atomic mass is 10.1. The number of halogens is 2. The zero-order valence-electron chi connectivity index (χ0n) is 10.6. The molecule has 0 saturated carbocycles. The molecule has 0 atom stereocenters. The van der Waals surface area contributed by atoms with Crippen LogP contribution in [0.25, 0.3) is 0 Å². The second kappa shape index (κ2) is 6.28. The molecule has 6 heteroatoms. The maximum atomic E-state index is 12.3. The quantitative estimate of drug-likeness (QED) is 0.765. The van der Waals surface area contributed by atoms with Crippen molar-refractivity contribution < 1.29 is 9.53 Å². The Morgan fingerprint density at radius 2 is 2.00 bits per heavy atom. The molecule has 104 valence electrons. The third-order valence-electron chi connectivity index (χ3n) is 2.67. The number of nitrogens with two attached hydrogens (primary N) is 1. The predicted molar refractivity (Wildman–Crippen MR) is 87.2 cm³/mol. The van der Waals surface area contributed by atoms with Crippen LogP contribution in [0.3, 0.4) is 0 Å². The molecule has 20 heavy (non-hydrogen) atoms. The number of benzene rings is 2. The molecule has 2 rings (SSSR count). The number of amides is 1. The minimum Gasteiger partial charge on any atom is -0.494 e. The molecule has 0 saturated heterocycles. The molecule has 4 nitrogen and oxygen atoms in total. The molecular formula is C14H12Br2N2O2. The number of rotatable bonds is 3. The number of anilines is 2. The van der Waals surface area contributed by atoms with Crippen LogP contribution in [0, 0.1) is 0 Å². The van der Waals surface area contributed by atoms with E-state index in [1.165, 1.54) is 7.11 Å². The van der Waals surface area contributed by atoms with E-state index >= 15 is 0 Å². The summed E-state index contributed by atoms with van der Waals surface area (Å²) in [6.07, 6.45) is 0. The summed E-state index contributed by atoms with van der Waals surface area (Å²) >= 11 is 6.76. The fourth-order valence-electron chi connectivity index (χ4n) is 1.74. The third-order valence-corrected chi connectivity index (χ3v) is 3.82. The highest BCUT2D eigenvalue weighted by molar-refractivity contribution is 9.11. The molecule has 0 bridgehead atoms. The van der Waals surface area contributed by atoms with Gasteiger partial charge in [0.2, 0.25) is 0 Å². The van der Waals surface area contributed by atoms with Crippen molar-refractivity contribution in [2.24, 2.45) is 0 Å². The SMILES string of the molecule is COc1c(N)cccc1C(=O)Nc1ccc(Br)cc1Br. The Bertz CT molecular complexity index is 660. The predicted octanol–water partition coefficient (Wildman–Crippen LogP) is 4.05. The molecule has 3 N–H and O–H groups in total. The summed E-state index contributed by atoms with van der Waals surface area (Å²) in [5, 5.41) is 2.81. The maximum Gasteiger partial charge on any atom is 0.259 e. The third kappa shape index (κ3) is 3.13. The fraction of sp³-hybridized carbons (Fsp3) is 0.0714. The van der Waals surface area contributed by atoms with Gasteiger partial charge in [0.25, 0.3) is 5.91 Å². The van der Waals surface area contributed by atoms with Gasteiger partial charge in [-0.1, -0.05) is 22.0 Å². The summed E-state index contributed by atoms with van der Waals surface area (Å²) in [4.78, 5) is 12.3. The molecule has 0 unspecified atom stereocenters. The Labute approximate surface area is 133 Å². The van der Waals surface area contributed by atoms with Gasteiger partial charge in [0.1, 0.15) is 0 Å². The van der Waals surface area contributed by atoms with Gasteiger partial charge in [-0.2, -0.15) is 0 Å². The monoisotopic (exact) mass is 398 g/mol. The van der Waals surface area contributed by atoms with Crippen molar-refractivity contribution in [1.82, 2.24) is 0 Å². The van der Waals surface area contributed by atoms with E-state index in [4.69, 9.17) is 10.5 Å². The zero-order chi connectivity index (χ0) is 14.7. The van der Waals surface area contributed by atoms with Crippen LogP contribution in [0.5, 0.6) is 5.75 Å². The van der Waals surface area contributed by atoms with Gasteiger partial charge >= 0.3 is 0 Å². The molecule has 0 aromatic heterocycles. The van der Waals surface area contributed by atoms with Crippen molar-refractivity contribution >= 4 is 49.1 Å². The van der Waals surface area contributed by atoms with E-state index < -0.39 is 0 Å². The van der Waals surface area contributed by atoms with E-state index in [0.29, 0.717) is 22.7 Å². The molecule has 2 aromatic rings. The lowest BCUT2D eigenvalue weighted by Gasteiger charge is -2.12. The van der Waals surface area contributed by atoms with Crippen molar-refractivity contribution in [3.63, 3.8) is 0 Å². The number of carbonyl (C=O) groups excluding carboxylic acids is 1. The number of nitrogens with one attached hydrogen (secondary N) is 1. The Morgan fingerprint density at radius 1 is 1.25 bits per heavy atom. The van der Waals surface area contributed by atoms with Crippen molar-refractivity contribution in [1.29, 1.82) is 0 Å².